The van der Waals surface area contributed by atoms with Gasteiger partial charge in [0.1, 0.15) is 0 Å². The van der Waals surface area contributed by atoms with Crippen LogP contribution in [0.1, 0.15) is 30.5 Å². The standard InChI is InChI=1S/C12H12F3NO/c1-11(2)6-8-3-4-10(12(13,14)15)5-9(8)7-16(11)17/h3-5,7H,6H2,1-2H3. The van der Waals surface area contributed by atoms with Gasteiger partial charge in [-0.15, -0.1) is 0 Å². The summed E-state index contributed by atoms with van der Waals surface area (Å²) < 4.78 is 38.2. The first kappa shape index (κ1) is 12.0. The number of alkyl halides is 3. The maximum atomic E-state index is 12.5. The molecule has 92 valence electrons. The van der Waals surface area contributed by atoms with E-state index in [1.807, 2.05) is 0 Å². The average Bonchev–Trinajstić information content (AvgIpc) is 2.17. The molecule has 0 aromatic heterocycles. The molecular formula is C12H12F3NO. The Labute approximate surface area is 97.0 Å². The molecule has 0 aliphatic carbocycles. The van der Waals surface area contributed by atoms with Crippen molar-refractivity contribution >= 4 is 6.21 Å². The molecule has 0 bridgehead atoms. The summed E-state index contributed by atoms with van der Waals surface area (Å²) in [5.41, 5.74) is -0.197. The van der Waals surface area contributed by atoms with Crippen LogP contribution in [0.3, 0.4) is 0 Å². The van der Waals surface area contributed by atoms with E-state index in [1.54, 1.807) is 13.8 Å². The van der Waals surface area contributed by atoms with E-state index in [0.29, 0.717) is 12.0 Å². The van der Waals surface area contributed by atoms with Gasteiger partial charge in [-0.05, 0) is 17.7 Å². The van der Waals surface area contributed by atoms with Crippen LogP contribution in [-0.4, -0.2) is 16.5 Å². The number of halogens is 3. The molecule has 0 N–H and O–H groups in total. The molecule has 1 aromatic rings. The lowest BCUT2D eigenvalue weighted by molar-refractivity contribution is -0.537. The summed E-state index contributed by atoms with van der Waals surface area (Å²) in [7, 11) is 0. The fourth-order valence-corrected chi connectivity index (χ4v) is 1.90. The number of nitrogens with zero attached hydrogens (tertiary/aromatic N) is 1. The highest BCUT2D eigenvalue weighted by Gasteiger charge is 2.35. The molecule has 1 aliphatic heterocycles. The quantitative estimate of drug-likeness (QED) is 0.508. The smallest absolute Gasteiger partial charge is 0.416 e. The Morgan fingerprint density at radius 3 is 2.53 bits per heavy atom. The maximum Gasteiger partial charge on any atom is 0.416 e. The van der Waals surface area contributed by atoms with Crippen LogP contribution in [0.5, 0.6) is 0 Å². The van der Waals surface area contributed by atoms with E-state index in [9.17, 15) is 18.4 Å². The molecule has 5 heteroatoms. The highest BCUT2D eigenvalue weighted by atomic mass is 19.4. The fraction of sp³-hybridized carbons (Fsp3) is 0.417. The van der Waals surface area contributed by atoms with Gasteiger partial charge in [-0.3, -0.25) is 0 Å². The molecule has 0 saturated carbocycles. The van der Waals surface area contributed by atoms with Crippen LogP contribution in [0.4, 0.5) is 13.2 Å². The monoisotopic (exact) mass is 243 g/mol. The number of hydroxylamine groups is 1. The van der Waals surface area contributed by atoms with E-state index in [0.717, 1.165) is 22.4 Å². The Balaban J connectivity index is 2.50. The van der Waals surface area contributed by atoms with Crippen molar-refractivity contribution in [3.63, 3.8) is 0 Å². The molecular weight excluding hydrogens is 231 g/mol. The van der Waals surface area contributed by atoms with Crippen molar-refractivity contribution in [3.05, 3.63) is 40.1 Å². The largest absolute Gasteiger partial charge is 0.623 e. The van der Waals surface area contributed by atoms with Crippen molar-refractivity contribution in [2.24, 2.45) is 0 Å². The van der Waals surface area contributed by atoms with Crippen molar-refractivity contribution in [2.45, 2.75) is 32.0 Å². The van der Waals surface area contributed by atoms with Crippen LogP contribution in [0, 0.1) is 5.21 Å². The molecule has 2 nitrogen and oxygen atoms in total. The Bertz CT molecular complexity index is 489. The molecule has 0 spiro atoms. The summed E-state index contributed by atoms with van der Waals surface area (Å²) in [6.45, 7) is 3.52. The van der Waals surface area contributed by atoms with Crippen molar-refractivity contribution in [1.82, 2.24) is 0 Å². The van der Waals surface area contributed by atoms with Crippen molar-refractivity contribution in [1.29, 1.82) is 0 Å². The summed E-state index contributed by atoms with van der Waals surface area (Å²) in [6.07, 6.45) is -2.70. The first-order valence-electron chi connectivity index (χ1n) is 5.22. The summed E-state index contributed by atoms with van der Waals surface area (Å²) in [5, 5.41) is 11.6. The second-order valence-electron chi connectivity index (χ2n) is 4.86. The molecule has 0 atom stereocenters. The molecule has 0 saturated heterocycles. The Morgan fingerprint density at radius 2 is 1.94 bits per heavy atom. The molecule has 1 aromatic carbocycles. The van der Waals surface area contributed by atoms with Crippen LogP contribution in [0.15, 0.2) is 18.2 Å². The topological polar surface area (TPSA) is 26.1 Å². The highest BCUT2D eigenvalue weighted by Crippen LogP contribution is 2.32. The third-order valence-electron chi connectivity index (χ3n) is 2.95. The lowest BCUT2D eigenvalue weighted by Crippen LogP contribution is -2.39. The van der Waals surface area contributed by atoms with Crippen LogP contribution in [0.2, 0.25) is 0 Å². The zero-order chi connectivity index (χ0) is 12.8. The second kappa shape index (κ2) is 3.48. The summed E-state index contributed by atoms with van der Waals surface area (Å²) in [4.78, 5) is 0. The normalized spacial score (nSPS) is 18.5. The fourth-order valence-electron chi connectivity index (χ4n) is 1.90. The highest BCUT2D eigenvalue weighted by molar-refractivity contribution is 5.79. The van der Waals surface area contributed by atoms with Crippen molar-refractivity contribution in [3.8, 4) is 0 Å². The third kappa shape index (κ3) is 2.14. The zero-order valence-corrected chi connectivity index (χ0v) is 9.51. The van der Waals surface area contributed by atoms with Crippen LogP contribution in [0.25, 0.3) is 0 Å². The van der Waals surface area contributed by atoms with Gasteiger partial charge in [-0.1, -0.05) is 6.07 Å². The Kier molecular flexibility index (Phi) is 2.45. The minimum absolute atomic E-state index is 0.356. The Hall–Kier alpha value is -1.52. The zero-order valence-electron chi connectivity index (χ0n) is 9.51. The summed E-state index contributed by atoms with van der Waals surface area (Å²) >= 11 is 0. The molecule has 1 aliphatic rings. The predicted octanol–water partition coefficient (Wildman–Crippen LogP) is 2.97. The lowest BCUT2D eigenvalue weighted by atomic mass is 9.88. The van der Waals surface area contributed by atoms with Gasteiger partial charge in [0.2, 0.25) is 0 Å². The van der Waals surface area contributed by atoms with E-state index in [2.05, 4.69) is 0 Å². The number of hydrogen-bond acceptors (Lipinski definition) is 1. The van der Waals surface area contributed by atoms with Gasteiger partial charge in [0.15, 0.2) is 11.8 Å². The van der Waals surface area contributed by atoms with E-state index in [4.69, 9.17) is 0 Å². The van der Waals surface area contributed by atoms with E-state index in [1.165, 1.54) is 12.3 Å². The van der Waals surface area contributed by atoms with Gasteiger partial charge in [-0.2, -0.15) is 13.2 Å². The van der Waals surface area contributed by atoms with Crippen LogP contribution < -0.4 is 0 Å². The molecule has 0 radical (unpaired) electrons. The van der Waals surface area contributed by atoms with Gasteiger partial charge in [-0.25, -0.2) is 4.74 Å². The molecule has 0 fully saturated rings. The summed E-state index contributed by atoms with van der Waals surface area (Å²) in [6, 6.07) is 3.53. The summed E-state index contributed by atoms with van der Waals surface area (Å²) in [5.74, 6) is 0. The first-order valence-corrected chi connectivity index (χ1v) is 5.22. The van der Waals surface area contributed by atoms with Gasteiger partial charge in [0, 0.05) is 25.8 Å². The first-order chi connectivity index (χ1) is 7.70. The SMILES string of the molecule is CC1(C)Cc2ccc(C(F)(F)F)cc2C=[N+]1[O-]. The minimum Gasteiger partial charge on any atom is -0.623 e. The van der Waals surface area contributed by atoms with Gasteiger partial charge >= 0.3 is 6.18 Å². The molecule has 1 heterocycles. The van der Waals surface area contributed by atoms with Gasteiger partial charge in [0.25, 0.3) is 0 Å². The van der Waals surface area contributed by atoms with E-state index in [-0.39, 0.29) is 0 Å². The van der Waals surface area contributed by atoms with Crippen LogP contribution in [-0.2, 0) is 12.6 Å². The predicted molar refractivity (Wildman–Crippen MR) is 58.0 cm³/mol. The van der Waals surface area contributed by atoms with E-state index < -0.39 is 17.3 Å². The Morgan fingerprint density at radius 1 is 1.29 bits per heavy atom. The third-order valence-corrected chi connectivity index (χ3v) is 2.95. The molecule has 0 amide bonds. The molecule has 0 unspecified atom stereocenters. The average molecular weight is 243 g/mol. The van der Waals surface area contributed by atoms with Gasteiger partial charge < -0.3 is 5.21 Å². The van der Waals surface area contributed by atoms with Crippen LogP contribution >= 0.6 is 0 Å². The van der Waals surface area contributed by atoms with E-state index >= 15 is 0 Å². The van der Waals surface area contributed by atoms with Gasteiger partial charge in [0.05, 0.1) is 5.56 Å². The number of fused-ring (bicyclic) bond motifs is 1. The number of benzene rings is 1. The number of rotatable bonds is 0. The van der Waals surface area contributed by atoms with Crippen molar-refractivity contribution in [2.75, 3.05) is 0 Å². The molecule has 17 heavy (non-hydrogen) atoms. The second-order valence-corrected chi connectivity index (χ2v) is 4.86. The minimum atomic E-state index is -4.37. The maximum absolute atomic E-state index is 12.5. The molecule has 2 rings (SSSR count). The lowest BCUT2D eigenvalue weighted by Gasteiger charge is -2.28. The number of hydrogen-bond donors (Lipinski definition) is 0. The van der Waals surface area contributed by atoms with Crippen molar-refractivity contribution < 1.29 is 17.9 Å².